The second-order valence-electron chi connectivity index (χ2n) is 8.35. The summed E-state index contributed by atoms with van der Waals surface area (Å²) in [5, 5.41) is 12.6. The summed E-state index contributed by atoms with van der Waals surface area (Å²) in [7, 11) is 0. The van der Waals surface area contributed by atoms with Crippen LogP contribution in [0.1, 0.15) is 60.0 Å². The van der Waals surface area contributed by atoms with Gasteiger partial charge in [-0.1, -0.05) is 35.0 Å². The molecule has 178 valence electrons. The second kappa shape index (κ2) is 8.99. The molecule has 34 heavy (non-hydrogen) atoms. The topological polar surface area (TPSA) is 74.8 Å². The highest BCUT2D eigenvalue weighted by Gasteiger charge is 2.33. The third-order valence-corrected chi connectivity index (χ3v) is 6.54. The lowest BCUT2D eigenvalue weighted by atomic mass is 9.95. The molecule has 1 fully saturated rings. The Bertz CT molecular complexity index is 1310. The first-order valence-corrected chi connectivity index (χ1v) is 11.4. The standard InChI is InChI=1S/C23H21ClF3N5O2/c24-21-16(12-28-32(22(21)33)20-7-3-4-10-34-20)14-8-9-19-18(11-14)29-30-31(19)13-15-5-1-2-6-17(15)23(25,26)27/h1-2,5-6,11-12,20H,3-4,7-10,13H2. The van der Waals surface area contributed by atoms with Gasteiger partial charge in [0.1, 0.15) is 10.7 Å². The molecule has 1 aliphatic heterocycles. The van der Waals surface area contributed by atoms with Crippen LogP contribution in [0, 0.1) is 0 Å². The van der Waals surface area contributed by atoms with E-state index in [1.165, 1.54) is 21.5 Å². The van der Waals surface area contributed by atoms with Gasteiger partial charge in [-0.3, -0.25) is 4.79 Å². The third kappa shape index (κ3) is 4.27. The molecule has 1 saturated heterocycles. The number of alkyl halides is 3. The van der Waals surface area contributed by atoms with Crippen molar-refractivity contribution >= 4 is 23.3 Å². The predicted molar refractivity (Wildman–Crippen MR) is 119 cm³/mol. The molecular weight excluding hydrogens is 471 g/mol. The number of nitrogens with zero attached hydrogens (tertiary/aromatic N) is 5. The molecule has 0 saturated carbocycles. The maximum atomic E-state index is 13.4. The van der Waals surface area contributed by atoms with Crippen molar-refractivity contribution in [3.05, 3.63) is 73.9 Å². The zero-order valence-electron chi connectivity index (χ0n) is 18.1. The molecule has 0 N–H and O–H groups in total. The molecule has 2 aromatic heterocycles. The van der Waals surface area contributed by atoms with Gasteiger partial charge in [-0.15, -0.1) is 5.10 Å². The fraction of sp³-hybridized carbons (Fsp3) is 0.391. The zero-order valence-corrected chi connectivity index (χ0v) is 18.8. The van der Waals surface area contributed by atoms with E-state index in [1.807, 2.05) is 0 Å². The highest BCUT2D eigenvalue weighted by atomic mass is 35.5. The number of halogens is 4. The molecule has 3 heterocycles. The van der Waals surface area contributed by atoms with Crippen LogP contribution in [0.15, 0.2) is 35.3 Å². The first-order valence-electron chi connectivity index (χ1n) is 11.0. The number of hydrogen-bond donors (Lipinski definition) is 0. The van der Waals surface area contributed by atoms with Crippen molar-refractivity contribution in [2.75, 3.05) is 6.61 Å². The summed E-state index contributed by atoms with van der Waals surface area (Å²) in [6.07, 6.45) is 2.08. The van der Waals surface area contributed by atoms with Crippen LogP contribution in [0.5, 0.6) is 0 Å². The average Bonchev–Trinajstić information content (AvgIpc) is 3.23. The summed E-state index contributed by atoms with van der Waals surface area (Å²) in [6.45, 7) is 0.538. The van der Waals surface area contributed by atoms with Gasteiger partial charge in [0, 0.05) is 12.2 Å². The maximum absolute atomic E-state index is 13.4. The predicted octanol–water partition coefficient (Wildman–Crippen LogP) is 4.74. The SMILES string of the molecule is O=c1c(Cl)c(C2=Cc3nnn(Cc4ccccc4C(F)(F)F)c3CC2)cnn1C1CCCCO1. The molecule has 0 radical (unpaired) electrons. The van der Waals surface area contributed by atoms with Crippen LogP contribution in [0.3, 0.4) is 0 Å². The summed E-state index contributed by atoms with van der Waals surface area (Å²) in [4.78, 5) is 12.8. The molecule has 0 bridgehead atoms. The summed E-state index contributed by atoms with van der Waals surface area (Å²) in [6, 6.07) is 5.44. The molecule has 1 unspecified atom stereocenters. The molecule has 2 aliphatic rings. The van der Waals surface area contributed by atoms with Crippen LogP contribution in [0.2, 0.25) is 5.02 Å². The Morgan fingerprint density at radius 1 is 1.18 bits per heavy atom. The highest BCUT2D eigenvalue weighted by molar-refractivity contribution is 6.32. The van der Waals surface area contributed by atoms with E-state index in [-0.39, 0.29) is 17.1 Å². The second-order valence-corrected chi connectivity index (χ2v) is 8.72. The lowest BCUT2D eigenvalue weighted by molar-refractivity contribution is -0.138. The van der Waals surface area contributed by atoms with E-state index >= 15 is 0 Å². The van der Waals surface area contributed by atoms with E-state index in [2.05, 4.69) is 15.4 Å². The molecule has 0 spiro atoms. The van der Waals surface area contributed by atoms with Gasteiger partial charge in [0.25, 0.3) is 5.56 Å². The molecule has 1 atom stereocenters. The normalized spacial score (nSPS) is 18.5. The maximum Gasteiger partial charge on any atom is 0.416 e. The Morgan fingerprint density at radius 3 is 2.76 bits per heavy atom. The number of ether oxygens (including phenoxy) is 1. The first-order chi connectivity index (χ1) is 16.3. The molecular formula is C23H21ClF3N5O2. The van der Waals surface area contributed by atoms with Crippen molar-refractivity contribution in [2.45, 2.75) is 51.1 Å². The van der Waals surface area contributed by atoms with Gasteiger partial charge in [0.15, 0.2) is 6.23 Å². The Hall–Kier alpha value is -2.98. The lowest BCUT2D eigenvalue weighted by Crippen LogP contribution is -2.31. The van der Waals surface area contributed by atoms with Crippen molar-refractivity contribution in [3.8, 4) is 0 Å². The number of rotatable bonds is 4. The van der Waals surface area contributed by atoms with E-state index in [4.69, 9.17) is 16.3 Å². The quantitative estimate of drug-likeness (QED) is 0.527. The number of benzene rings is 1. The largest absolute Gasteiger partial charge is 0.416 e. The molecule has 3 aromatic rings. The van der Waals surface area contributed by atoms with E-state index < -0.39 is 23.5 Å². The monoisotopic (exact) mass is 491 g/mol. The summed E-state index contributed by atoms with van der Waals surface area (Å²) < 4.78 is 48.5. The first kappa shape index (κ1) is 22.8. The smallest absolute Gasteiger partial charge is 0.356 e. The van der Waals surface area contributed by atoms with Crippen molar-refractivity contribution < 1.29 is 17.9 Å². The van der Waals surface area contributed by atoms with Crippen LogP contribution >= 0.6 is 11.6 Å². The van der Waals surface area contributed by atoms with Crippen LogP contribution in [-0.2, 0) is 23.9 Å². The molecule has 7 nitrogen and oxygen atoms in total. The summed E-state index contributed by atoms with van der Waals surface area (Å²) >= 11 is 6.43. The Balaban J connectivity index is 1.43. The van der Waals surface area contributed by atoms with E-state index in [9.17, 15) is 18.0 Å². The van der Waals surface area contributed by atoms with Crippen LogP contribution in [0.25, 0.3) is 11.6 Å². The molecule has 1 aliphatic carbocycles. The number of fused-ring (bicyclic) bond motifs is 1. The molecule has 11 heteroatoms. The molecule has 0 amide bonds. The zero-order chi connectivity index (χ0) is 23.9. The van der Waals surface area contributed by atoms with Crippen LogP contribution < -0.4 is 5.56 Å². The lowest BCUT2D eigenvalue weighted by Gasteiger charge is -2.24. The fourth-order valence-corrected chi connectivity index (χ4v) is 4.69. The number of allylic oxidation sites excluding steroid dienone is 1. The third-order valence-electron chi connectivity index (χ3n) is 6.17. The molecule has 5 rings (SSSR count). The highest BCUT2D eigenvalue weighted by Crippen LogP contribution is 2.34. The van der Waals surface area contributed by atoms with Gasteiger partial charge in [-0.25, -0.2) is 4.68 Å². The Kier molecular flexibility index (Phi) is 6.03. The van der Waals surface area contributed by atoms with Gasteiger partial charge < -0.3 is 4.74 Å². The van der Waals surface area contributed by atoms with Crippen LogP contribution in [-0.4, -0.2) is 31.4 Å². The minimum atomic E-state index is -4.45. The minimum Gasteiger partial charge on any atom is -0.356 e. The van der Waals surface area contributed by atoms with Crippen molar-refractivity contribution in [1.29, 1.82) is 0 Å². The number of hydrogen-bond acceptors (Lipinski definition) is 5. The summed E-state index contributed by atoms with van der Waals surface area (Å²) in [5.74, 6) is 0. The van der Waals surface area contributed by atoms with E-state index in [0.29, 0.717) is 37.1 Å². The van der Waals surface area contributed by atoms with Crippen LogP contribution in [0.4, 0.5) is 13.2 Å². The van der Waals surface area contributed by atoms with Gasteiger partial charge in [0.2, 0.25) is 0 Å². The minimum absolute atomic E-state index is 0.0407. The number of aromatic nitrogens is 5. The van der Waals surface area contributed by atoms with Crippen molar-refractivity contribution in [2.24, 2.45) is 0 Å². The van der Waals surface area contributed by atoms with Crippen molar-refractivity contribution in [3.63, 3.8) is 0 Å². The van der Waals surface area contributed by atoms with E-state index in [0.717, 1.165) is 30.2 Å². The Morgan fingerprint density at radius 2 is 2.00 bits per heavy atom. The van der Waals surface area contributed by atoms with Gasteiger partial charge in [-0.2, -0.15) is 23.0 Å². The fourth-order valence-electron chi connectivity index (χ4n) is 4.43. The van der Waals surface area contributed by atoms with Gasteiger partial charge >= 0.3 is 6.18 Å². The van der Waals surface area contributed by atoms with Gasteiger partial charge in [-0.05, 0) is 55.4 Å². The van der Waals surface area contributed by atoms with E-state index in [1.54, 1.807) is 18.3 Å². The van der Waals surface area contributed by atoms with Crippen molar-refractivity contribution in [1.82, 2.24) is 24.8 Å². The average molecular weight is 492 g/mol. The Labute approximate surface area is 197 Å². The molecule has 1 aromatic carbocycles. The summed E-state index contributed by atoms with van der Waals surface area (Å²) in [5.41, 5.74) is 1.59. The van der Waals surface area contributed by atoms with Gasteiger partial charge in [0.05, 0.1) is 24.0 Å².